The zero-order chi connectivity index (χ0) is 19.3. The SMILES string of the molecule is Cc1ccc(Cl)cc1N1CCN(C2=NC=N[C@@H]3c4cc(Cl)ccc4N[C@@H]23)CC1. The molecule has 144 valence electrons. The molecule has 7 heteroatoms. The average molecular weight is 414 g/mol. The van der Waals surface area contributed by atoms with Crippen LogP contribution in [0.2, 0.25) is 10.0 Å². The van der Waals surface area contributed by atoms with Crippen LogP contribution in [-0.4, -0.2) is 49.3 Å². The van der Waals surface area contributed by atoms with E-state index < -0.39 is 0 Å². The lowest BCUT2D eigenvalue weighted by Gasteiger charge is -2.40. The fourth-order valence-electron chi connectivity index (χ4n) is 4.33. The summed E-state index contributed by atoms with van der Waals surface area (Å²) in [6.07, 6.45) is 1.70. The van der Waals surface area contributed by atoms with Gasteiger partial charge in [-0.2, -0.15) is 0 Å². The normalized spacial score (nSPS) is 23.2. The molecule has 0 saturated carbocycles. The molecule has 2 aromatic rings. The molecule has 0 bridgehead atoms. The summed E-state index contributed by atoms with van der Waals surface area (Å²) < 4.78 is 0. The Bertz CT molecular complexity index is 979. The fraction of sp³-hybridized carbons (Fsp3) is 0.333. The first-order valence-corrected chi connectivity index (χ1v) is 10.3. The second-order valence-corrected chi connectivity index (χ2v) is 8.33. The number of anilines is 2. The molecule has 3 aliphatic rings. The molecule has 28 heavy (non-hydrogen) atoms. The summed E-state index contributed by atoms with van der Waals surface area (Å²) in [5.74, 6) is 1.06. The summed E-state index contributed by atoms with van der Waals surface area (Å²) >= 11 is 12.4. The molecule has 5 nitrogen and oxygen atoms in total. The van der Waals surface area contributed by atoms with Gasteiger partial charge in [-0.1, -0.05) is 29.3 Å². The van der Waals surface area contributed by atoms with Gasteiger partial charge in [-0.15, -0.1) is 0 Å². The molecule has 2 aromatic carbocycles. The number of nitrogens with zero attached hydrogens (tertiary/aromatic N) is 4. The van der Waals surface area contributed by atoms with Gasteiger partial charge in [0.2, 0.25) is 0 Å². The zero-order valence-corrected chi connectivity index (χ0v) is 17.1. The third-order valence-corrected chi connectivity index (χ3v) is 6.24. The van der Waals surface area contributed by atoms with Crippen molar-refractivity contribution in [1.29, 1.82) is 0 Å². The Hall–Kier alpha value is -2.24. The van der Waals surface area contributed by atoms with Crippen LogP contribution in [0.5, 0.6) is 0 Å². The monoisotopic (exact) mass is 413 g/mol. The van der Waals surface area contributed by atoms with Crippen LogP contribution in [0, 0.1) is 6.92 Å². The maximum Gasteiger partial charge on any atom is 0.131 e. The predicted molar refractivity (Wildman–Crippen MR) is 118 cm³/mol. The van der Waals surface area contributed by atoms with Crippen LogP contribution in [0.1, 0.15) is 17.2 Å². The Morgan fingerprint density at radius 3 is 2.50 bits per heavy atom. The zero-order valence-electron chi connectivity index (χ0n) is 15.6. The number of rotatable bonds is 1. The summed E-state index contributed by atoms with van der Waals surface area (Å²) in [7, 11) is 0. The van der Waals surface area contributed by atoms with Crippen LogP contribution < -0.4 is 10.2 Å². The van der Waals surface area contributed by atoms with Gasteiger partial charge in [0.05, 0.1) is 0 Å². The van der Waals surface area contributed by atoms with Crippen molar-refractivity contribution < 1.29 is 0 Å². The smallest absolute Gasteiger partial charge is 0.131 e. The van der Waals surface area contributed by atoms with E-state index in [2.05, 4.69) is 44.2 Å². The van der Waals surface area contributed by atoms with E-state index in [1.165, 1.54) is 11.3 Å². The van der Waals surface area contributed by atoms with Gasteiger partial charge in [0.15, 0.2) is 0 Å². The maximum absolute atomic E-state index is 6.21. The molecule has 0 amide bonds. The van der Waals surface area contributed by atoms with Gasteiger partial charge < -0.3 is 15.1 Å². The number of hydrogen-bond acceptors (Lipinski definition) is 5. The van der Waals surface area contributed by atoms with Crippen molar-refractivity contribution in [2.75, 3.05) is 36.4 Å². The average Bonchev–Trinajstić information content (AvgIpc) is 3.08. The number of halogens is 2. The third kappa shape index (κ3) is 3.03. The lowest BCUT2D eigenvalue weighted by Crippen LogP contribution is -2.53. The molecule has 0 spiro atoms. The van der Waals surface area contributed by atoms with Crippen molar-refractivity contribution in [3.8, 4) is 0 Å². The Kier molecular flexibility index (Phi) is 4.44. The van der Waals surface area contributed by atoms with E-state index in [1.807, 2.05) is 24.3 Å². The largest absolute Gasteiger partial charge is 0.373 e. The van der Waals surface area contributed by atoms with E-state index in [9.17, 15) is 0 Å². The van der Waals surface area contributed by atoms with Gasteiger partial charge in [-0.25, -0.2) is 4.99 Å². The molecule has 1 N–H and O–H groups in total. The van der Waals surface area contributed by atoms with Crippen molar-refractivity contribution in [2.45, 2.75) is 19.0 Å². The van der Waals surface area contributed by atoms with E-state index in [4.69, 9.17) is 23.2 Å². The van der Waals surface area contributed by atoms with Crippen LogP contribution in [-0.2, 0) is 0 Å². The molecule has 1 saturated heterocycles. The quantitative estimate of drug-likeness (QED) is 0.753. The molecular formula is C21H21Cl2N5. The predicted octanol–water partition coefficient (Wildman–Crippen LogP) is 4.40. The number of hydrogen-bond donors (Lipinski definition) is 1. The number of fused-ring (bicyclic) bond motifs is 3. The summed E-state index contributed by atoms with van der Waals surface area (Å²) in [6.45, 7) is 5.84. The Morgan fingerprint density at radius 1 is 0.964 bits per heavy atom. The van der Waals surface area contributed by atoms with Gasteiger partial charge in [-0.3, -0.25) is 4.99 Å². The molecule has 3 aliphatic heterocycles. The van der Waals surface area contributed by atoms with E-state index >= 15 is 0 Å². The minimum Gasteiger partial charge on any atom is -0.373 e. The summed E-state index contributed by atoms with van der Waals surface area (Å²) in [6, 6.07) is 12.2. The summed E-state index contributed by atoms with van der Waals surface area (Å²) in [5.41, 5.74) is 4.72. The highest BCUT2D eigenvalue weighted by atomic mass is 35.5. The van der Waals surface area contributed by atoms with E-state index in [0.29, 0.717) is 0 Å². The van der Waals surface area contributed by atoms with Gasteiger partial charge in [0.25, 0.3) is 0 Å². The second-order valence-electron chi connectivity index (χ2n) is 7.46. The molecule has 3 heterocycles. The van der Waals surface area contributed by atoms with Gasteiger partial charge >= 0.3 is 0 Å². The Balaban J connectivity index is 1.33. The third-order valence-electron chi connectivity index (χ3n) is 5.77. The standard InChI is InChI=1S/C21H21Cl2N5/c1-13-2-3-15(23)11-18(13)27-6-8-28(9-7-27)21-20-19(24-12-25-21)16-10-14(22)4-5-17(16)26-20/h2-5,10-12,19-20,26H,6-9H2,1H3/t19-,20-/m1/s1. The maximum atomic E-state index is 6.21. The number of aliphatic imine (C=N–C) groups is 2. The van der Waals surface area contributed by atoms with Crippen molar-refractivity contribution >= 4 is 46.8 Å². The Labute approximate surface area is 174 Å². The second kappa shape index (κ2) is 6.98. The molecule has 0 radical (unpaired) electrons. The van der Waals surface area contributed by atoms with E-state index in [1.54, 1.807) is 6.34 Å². The highest BCUT2D eigenvalue weighted by Gasteiger charge is 2.39. The lowest BCUT2D eigenvalue weighted by atomic mass is 10.0. The minimum atomic E-state index is 0.0365. The topological polar surface area (TPSA) is 43.2 Å². The molecule has 0 aromatic heterocycles. The van der Waals surface area contributed by atoms with Crippen LogP contribution in [0.3, 0.4) is 0 Å². The molecule has 2 atom stereocenters. The van der Waals surface area contributed by atoms with Crippen molar-refractivity contribution in [3.05, 3.63) is 57.6 Å². The molecular weight excluding hydrogens is 393 g/mol. The van der Waals surface area contributed by atoms with Crippen molar-refractivity contribution in [3.63, 3.8) is 0 Å². The summed E-state index contributed by atoms with van der Waals surface area (Å²) in [4.78, 5) is 14.0. The summed E-state index contributed by atoms with van der Waals surface area (Å²) in [5, 5.41) is 5.12. The highest BCUT2D eigenvalue weighted by molar-refractivity contribution is 6.31. The van der Waals surface area contributed by atoms with Crippen LogP contribution in [0.25, 0.3) is 0 Å². The minimum absolute atomic E-state index is 0.0365. The number of amidine groups is 1. The van der Waals surface area contributed by atoms with Crippen molar-refractivity contribution in [2.24, 2.45) is 9.98 Å². The number of benzene rings is 2. The first-order chi connectivity index (χ1) is 13.6. The number of nitrogens with one attached hydrogen (secondary N) is 1. The first-order valence-electron chi connectivity index (χ1n) is 9.51. The molecule has 5 rings (SSSR count). The highest BCUT2D eigenvalue weighted by Crippen LogP contribution is 2.40. The molecule has 0 unspecified atom stereocenters. The molecule has 1 fully saturated rings. The van der Waals surface area contributed by atoms with Gasteiger partial charge in [0, 0.05) is 53.2 Å². The lowest BCUT2D eigenvalue weighted by molar-refractivity contribution is 0.372. The van der Waals surface area contributed by atoms with E-state index in [-0.39, 0.29) is 12.1 Å². The van der Waals surface area contributed by atoms with Gasteiger partial charge in [0.1, 0.15) is 24.3 Å². The van der Waals surface area contributed by atoms with Crippen molar-refractivity contribution in [1.82, 2.24) is 4.90 Å². The fourth-order valence-corrected chi connectivity index (χ4v) is 4.68. The first kappa shape index (κ1) is 17.8. The Morgan fingerprint density at radius 2 is 1.68 bits per heavy atom. The van der Waals surface area contributed by atoms with Crippen LogP contribution >= 0.6 is 23.2 Å². The van der Waals surface area contributed by atoms with Crippen LogP contribution in [0.4, 0.5) is 11.4 Å². The van der Waals surface area contributed by atoms with E-state index in [0.717, 1.165) is 53.3 Å². The number of aryl methyl sites for hydroxylation is 1. The number of piperazine rings is 1. The van der Waals surface area contributed by atoms with Gasteiger partial charge in [-0.05, 0) is 42.8 Å². The van der Waals surface area contributed by atoms with Crippen LogP contribution in [0.15, 0.2) is 46.4 Å². The molecule has 0 aliphatic carbocycles.